The number of rotatable bonds is 7. The molecule has 0 aliphatic carbocycles. The van der Waals surface area contributed by atoms with Gasteiger partial charge in [0, 0.05) is 12.1 Å². The lowest BCUT2D eigenvalue weighted by molar-refractivity contribution is -0.134. The van der Waals surface area contributed by atoms with Crippen molar-refractivity contribution in [3.05, 3.63) is 84.2 Å². The first-order chi connectivity index (χ1) is 15.1. The SMILES string of the molecule is COc1ccccc1C(=O)Nc1ccc(OC(=O)CCc2nc3ccccc3[nH]2)cc1. The number of aromatic nitrogens is 2. The van der Waals surface area contributed by atoms with Gasteiger partial charge >= 0.3 is 5.97 Å². The summed E-state index contributed by atoms with van der Waals surface area (Å²) in [6, 6.07) is 21.3. The predicted molar refractivity (Wildman–Crippen MR) is 117 cm³/mol. The van der Waals surface area contributed by atoms with E-state index in [1.54, 1.807) is 48.5 Å². The molecule has 31 heavy (non-hydrogen) atoms. The van der Waals surface area contributed by atoms with E-state index in [2.05, 4.69) is 15.3 Å². The van der Waals surface area contributed by atoms with E-state index in [0.717, 1.165) is 16.9 Å². The summed E-state index contributed by atoms with van der Waals surface area (Å²) in [5.74, 6) is 1.01. The van der Waals surface area contributed by atoms with Crippen molar-refractivity contribution in [3.8, 4) is 11.5 Å². The average Bonchev–Trinajstić information content (AvgIpc) is 3.22. The highest BCUT2D eigenvalue weighted by Crippen LogP contribution is 2.21. The first kappa shape index (κ1) is 20.2. The Hall–Kier alpha value is -4.13. The van der Waals surface area contributed by atoms with Crippen molar-refractivity contribution in [2.45, 2.75) is 12.8 Å². The van der Waals surface area contributed by atoms with E-state index in [4.69, 9.17) is 9.47 Å². The van der Waals surface area contributed by atoms with E-state index in [1.165, 1.54) is 7.11 Å². The van der Waals surface area contributed by atoms with Crippen LogP contribution in [0.2, 0.25) is 0 Å². The maximum absolute atomic E-state index is 12.5. The number of aromatic amines is 1. The number of carbonyl (C=O) groups is 2. The number of ether oxygens (including phenoxy) is 2. The summed E-state index contributed by atoms with van der Waals surface area (Å²) in [5.41, 5.74) is 2.83. The van der Waals surface area contributed by atoms with Crippen LogP contribution in [0.5, 0.6) is 11.5 Å². The number of esters is 1. The van der Waals surface area contributed by atoms with Gasteiger partial charge in [-0.2, -0.15) is 0 Å². The number of H-pyrrole nitrogens is 1. The lowest BCUT2D eigenvalue weighted by atomic mass is 10.2. The number of anilines is 1. The molecule has 0 unspecified atom stereocenters. The molecule has 7 heteroatoms. The smallest absolute Gasteiger partial charge is 0.311 e. The highest BCUT2D eigenvalue weighted by molar-refractivity contribution is 6.06. The second-order valence-electron chi connectivity index (χ2n) is 6.85. The number of hydrogen-bond acceptors (Lipinski definition) is 5. The molecule has 4 rings (SSSR count). The van der Waals surface area contributed by atoms with Crippen molar-refractivity contribution >= 4 is 28.6 Å². The quantitative estimate of drug-likeness (QED) is 0.346. The van der Waals surface area contributed by atoms with Crippen LogP contribution < -0.4 is 14.8 Å². The Kier molecular flexibility index (Phi) is 5.93. The Morgan fingerprint density at radius 3 is 2.48 bits per heavy atom. The highest BCUT2D eigenvalue weighted by atomic mass is 16.5. The summed E-state index contributed by atoms with van der Waals surface area (Å²) in [6.07, 6.45) is 0.659. The number of benzene rings is 3. The molecule has 0 aliphatic rings. The van der Waals surface area contributed by atoms with Gasteiger partial charge in [0.05, 0.1) is 30.1 Å². The van der Waals surface area contributed by atoms with Crippen LogP contribution in [0.4, 0.5) is 5.69 Å². The molecule has 0 atom stereocenters. The van der Waals surface area contributed by atoms with Crippen molar-refractivity contribution in [3.63, 3.8) is 0 Å². The molecule has 7 nitrogen and oxygen atoms in total. The highest BCUT2D eigenvalue weighted by Gasteiger charge is 2.12. The molecule has 2 N–H and O–H groups in total. The molecule has 0 saturated carbocycles. The Morgan fingerprint density at radius 1 is 0.968 bits per heavy atom. The van der Waals surface area contributed by atoms with Crippen LogP contribution in [0, 0.1) is 0 Å². The molecule has 0 saturated heterocycles. The number of aryl methyl sites for hydroxylation is 1. The monoisotopic (exact) mass is 415 g/mol. The molecular weight excluding hydrogens is 394 g/mol. The number of nitrogens with zero attached hydrogens (tertiary/aromatic N) is 1. The van der Waals surface area contributed by atoms with Gasteiger partial charge in [-0.25, -0.2) is 4.98 Å². The summed E-state index contributed by atoms with van der Waals surface area (Å²) >= 11 is 0. The molecule has 0 aliphatic heterocycles. The molecule has 0 spiro atoms. The third-order valence-corrected chi connectivity index (χ3v) is 4.70. The number of fused-ring (bicyclic) bond motifs is 1. The van der Waals surface area contributed by atoms with Gasteiger partial charge < -0.3 is 19.8 Å². The van der Waals surface area contributed by atoms with Crippen LogP contribution in [0.15, 0.2) is 72.8 Å². The average molecular weight is 415 g/mol. The minimum Gasteiger partial charge on any atom is -0.496 e. The number of methoxy groups -OCH3 is 1. The minimum atomic E-state index is -0.355. The van der Waals surface area contributed by atoms with Gasteiger partial charge in [0.25, 0.3) is 5.91 Å². The summed E-state index contributed by atoms with van der Waals surface area (Å²) in [5, 5.41) is 2.80. The zero-order valence-corrected chi connectivity index (χ0v) is 16.9. The first-order valence-electron chi connectivity index (χ1n) is 9.81. The van der Waals surface area contributed by atoms with Gasteiger partial charge in [-0.15, -0.1) is 0 Å². The summed E-state index contributed by atoms with van der Waals surface area (Å²) in [4.78, 5) is 32.3. The minimum absolute atomic E-state index is 0.201. The van der Waals surface area contributed by atoms with Crippen LogP contribution in [0.3, 0.4) is 0 Å². The van der Waals surface area contributed by atoms with Gasteiger partial charge in [0.15, 0.2) is 0 Å². The van der Waals surface area contributed by atoms with Crippen molar-refractivity contribution in [1.29, 1.82) is 0 Å². The topological polar surface area (TPSA) is 93.3 Å². The normalized spacial score (nSPS) is 10.6. The summed E-state index contributed by atoms with van der Waals surface area (Å²) in [7, 11) is 1.52. The summed E-state index contributed by atoms with van der Waals surface area (Å²) in [6.45, 7) is 0. The fourth-order valence-corrected chi connectivity index (χ4v) is 3.16. The van der Waals surface area contributed by atoms with Crippen LogP contribution in [0.25, 0.3) is 11.0 Å². The molecular formula is C24H21N3O4. The zero-order chi connectivity index (χ0) is 21.6. The Morgan fingerprint density at radius 2 is 1.71 bits per heavy atom. The van der Waals surface area contributed by atoms with E-state index in [1.807, 2.05) is 24.3 Å². The lowest BCUT2D eigenvalue weighted by Crippen LogP contribution is -2.13. The van der Waals surface area contributed by atoms with E-state index >= 15 is 0 Å². The van der Waals surface area contributed by atoms with Gasteiger partial charge in [-0.1, -0.05) is 24.3 Å². The Labute approximate surface area is 179 Å². The maximum atomic E-state index is 12.5. The number of hydrogen-bond donors (Lipinski definition) is 2. The van der Waals surface area contributed by atoms with Crippen LogP contribution in [-0.2, 0) is 11.2 Å². The molecule has 3 aromatic carbocycles. The van der Waals surface area contributed by atoms with E-state index in [9.17, 15) is 9.59 Å². The van der Waals surface area contributed by atoms with Crippen molar-refractivity contribution in [2.24, 2.45) is 0 Å². The molecule has 156 valence electrons. The second kappa shape index (κ2) is 9.13. The van der Waals surface area contributed by atoms with Gasteiger partial charge in [0.2, 0.25) is 0 Å². The number of amides is 1. The van der Waals surface area contributed by atoms with Crippen molar-refractivity contribution < 1.29 is 19.1 Å². The fraction of sp³-hybridized carbons (Fsp3) is 0.125. The Bertz CT molecular complexity index is 1180. The largest absolute Gasteiger partial charge is 0.496 e. The molecule has 1 heterocycles. The number of para-hydroxylation sites is 3. The van der Waals surface area contributed by atoms with Crippen LogP contribution in [0.1, 0.15) is 22.6 Å². The Balaban J connectivity index is 1.31. The van der Waals surface area contributed by atoms with Gasteiger partial charge in [-0.3, -0.25) is 9.59 Å². The van der Waals surface area contributed by atoms with Gasteiger partial charge in [-0.05, 0) is 48.5 Å². The number of nitrogens with one attached hydrogen (secondary N) is 2. The predicted octanol–water partition coefficient (Wildman–Crippen LogP) is 4.36. The molecule has 0 radical (unpaired) electrons. The first-order valence-corrected chi connectivity index (χ1v) is 9.81. The zero-order valence-electron chi connectivity index (χ0n) is 16.9. The molecule has 4 aromatic rings. The van der Waals surface area contributed by atoms with E-state index in [0.29, 0.717) is 29.2 Å². The fourth-order valence-electron chi connectivity index (χ4n) is 3.16. The third kappa shape index (κ3) is 4.90. The van der Waals surface area contributed by atoms with E-state index < -0.39 is 0 Å². The van der Waals surface area contributed by atoms with E-state index in [-0.39, 0.29) is 18.3 Å². The standard InChI is InChI=1S/C24H21N3O4/c1-30-21-9-5-2-6-18(21)24(29)25-16-10-12-17(13-11-16)31-23(28)15-14-22-26-19-7-3-4-8-20(19)27-22/h2-13H,14-15H2,1H3,(H,25,29)(H,26,27). The summed E-state index contributed by atoms with van der Waals surface area (Å²) < 4.78 is 10.6. The molecule has 0 fully saturated rings. The molecule has 1 amide bonds. The number of imidazole rings is 1. The third-order valence-electron chi connectivity index (χ3n) is 4.70. The second-order valence-corrected chi connectivity index (χ2v) is 6.85. The molecule has 0 bridgehead atoms. The van der Waals surface area contributed by atoms with Crippen molar-refractivity contribution in [1.82, 2.24) is 9.97 Å². The number of carbonyl (C=O) groups excluding carboxylic acids is 2. The lowest BCUT2D eigenvalue weighted by Gasteiger charge is -2.10. The van der Waals surface area contributed by atoms with Crippen molar-refractivity contribution in [2.75, 3.05) is 12.4 Å². The maximum Gasteiger partial charge on any atom is 0.311 e. The van der Waals surface area contributed by atoms with Crippen LogP contribution >= 0.6 is 0 Å². The molecule has 1 aromatic heterocycles. The van der Waals surface area contributed by atoms with Crippen LogP contribution in [-0.4, -0.2) is 29.0 Å². The van der Waals surface area contributed by atoms with Gasteiger partial charge in [0.1, 0.15) is 17.3 Å².